The molecule has 8 rings (SSSR count). The van der Waals surface area contributed by atoms with Crippen LogP contribution < -0.4 is 14.5 Å². The minimum Gasteiger partial charge on any atom is -0.509 e. The van der Waals surface area contributed by atoms with E-state index >= 15 is 0 Å². The third-order valence-corrected chi connectivity index (χ3v) is 9.51. The normalized spacial score (nSPS) is 13.2. The van der Waals surface area contributed by atoms with Gasteiger partial charge in [0.15, 0.2) is 0 Å². The van der Waals surface area contributed by atoms with Gasteiger partial charge in [-0.15, -0.1) is 48.1 Å². The van der Waals surface area contributed by atoms with Crippen molar-refractivity contribution in [3.05, 3.63) is 164 Å². The Morgan fingerprint density at radius 3 is 2.13 bits per heavy atom. The molecule has 0 amide bonds. The molecule has 6 heteroatoms. The number of nitrogens with zero attached hydrogens (tertiary/aromatic N) is 4. The Bertz CT molecular complexity index is 2420. The Labute approximate surface area is 321 Å². The van der Waals surface area contributed by atoms with Crippen LogP contribution in [0.15, 0.2) is 134 Å². The average molecular weight is 861 g/mol. The van der Waals surface area contributed by atoms with Crippen LogP contribution in [0.1, 0.15) is 52.7 Å². The van der Waals surface area contributed by atoms with Gasteiger partial charge < -0.3 is 19.1 Å². The quantitative estimate of drug-likeness (QED) is 0.156. The molecule has 2 aromatic heterocycles. The van der Waals surface area contributed by atoms with Gasteiger partial charge in [-0.2, -0.15) is 12.1 Å². The van der Waals surface area contributed by atoms with Gasteiger partial charge in [-0.25, -0.2) is 4.98 Å². The topological polar surface area (TPSA) is 33.5 Å². The van der Waals surface area contributed by atoms with Gasteiger partial charge in [0.2, 0.25) is 0 Å². The number of aromatic nitrogens is 2. The number of rotatable bonds is 6. The van der Waals surface area contributed by atoms with Crippen LogP contribution in [-0.4, -0.2) is 9.55 Å². The summed E-state index contributed by atoms with van der Waals surface area (Å²) in [6.45, 7) is 15.5. The fourth-order valence-corrected chi connectivity index (χ4v) is 6.66. The second-order valence-corrected chi connectivity index (χ2v) is 15.2. The SMILES string of the molecule is CC(C)(C)c1ccnc(-n2c3[c-]c(Oc4[c-]c(N5C=CN(c6ccc(C(C)(C)C)cc6-c6ccccc6)[CH-]5)ccc4)ccc3c3ccccc32)c1.[Pt]. The van der Waals surface area contributed by atoms with Gasteiger partial charge in [-0.05, 0) is 75.6 Å². The van der Waals surface area contributed by atoms with E-state index in [1.165, 1.54) is 22.3 Å². The molecule has 0 radical (unpaired) electrons. The molecule has 52 heavy (non-hydrogen) atoms. The molecule has 5 aromatic carbocycles. The molecular formula is C46H41N4OPt-3. The number of fused-ring (bicyclic) bond motifs is 3. The van der Waals surface area contributed by atoms with Crippen LogP contribution >= 0.6 is 0 Å². The van der Waals surface area contributed by atoms with Gasteiger partial charge >= 0.3 is 0 Å². The van der Waals surface area contributed by atoms with Crippen molar-refractivity contribution in [2.45, 2.75) is 52.4 Å². The fourth-order valence-electron chi connectivity index (χ4n) is 6.66. The van der Waals surface area contributed by atoms with Gasteiger partial charge in [-0.1, -0.05) is 102 Å². The first-order valence-electron chi connectivity index (χ1n) is 17.5. The molecule has 0 saturated carbocycles. The first-order chi connectivity index (χ1) is 24.5. The summed E-state index contributed by atoms with van der Waals surface area (Å²) in [7, 11) is 0. The van der Waals surface area contributed by atoms with Crippen LogP contribution in [0, 0.1) is 18.8 Å². The van der Waals surface area contributed by atoms with E-state index in [1.807, 2.05) is 30.5 Å². The third kappa shape index (κ3) is 6.78. The summed E-state index contributed by atoms with van der Waals surface area (Å²) in [5.41, 5.74) is 8.92. The molecule has 0 saturated heterocycles. The first kappa shape index (κ1) is 35.3. The second kappa shape index (κ2) is 13.8. The largest absolute Gasteiger partial charge is 0.509 e. The predicted octanol–water partition coefficient (Wildman–Crippen LogP) is 11.7. The maximum absolute atomic E-state index is 6.46. The summed E-state index contributed by atoms with van der Waals surface area (Å²) >= 11 is 0. The maximum Gasteiger partial charge on any atom is 0.135 e. The minimum atomic E-state index is -0.00462. The summed E-state index contributed by atoms with van der Waals surface area (Å²) in [4.78, 5) is 9.04. The zero-order chi connectivity index (χ0) is 35.3. The molecule has 0 fully saturated rings. The van der Waals surface area contributed by atoms with E-state index in [2.05, 4.69) is 178 Å². The van der Waals surface area contributed by atoms with E-state index in [4.69, 9.17) is 9.72 Å². The van der Waals surface area contributed by atoms with E-state index in [0.29, 0.717) is 11.5 Å². The van der Waals surface area contributed by atoms with Crippen LogP contribution in [0.3, 0.4) is 0 Å². The van der Waals surface area contributed by atoms with Crippen molar-refractivity contribution in [2.24, 2.45) is 0 Å². The molecular weight excluding hydrogens is 820 g/mol. The zero-order valence-corrected chi connectivity index (χ0v) is 32.6. The summed E-state index contributed by atoms with van der Waals surface area (Å²) in [5, 5.41) is 2.25. The monoisotopic (exact) mass is 860 g/mol. The van der Waals surface area contributed by atoms with Crippen LogP contribution in [-0.2, 0) is 31.9 Å². The smallest absolute Gasteiger partial charge is 0.135 e. The number of hydrogen-bond donors (Lipinski definition) is 0. The predicted molar refractivity (Wildman–Crippen MR) is 210 cm³/mol. The summed E-state index contributed by atoms with van der Waals surface area (Å²) < 4.78 is 8.65. The van der Waals surface area contributed by atoms with E-state index < -0.39 is 0 Å². The number of para-hydroxylation sites is 1. The second-order valence-electron chi connectivity index (χ2n) is 15.2. The Morgan fingerprint density at radius 1 is 0.635 bits per heavy atom. The number of pyridine rings is 1. The van der Waals surface area contributed by atoms with Crippen LogP contribution in [0.5, 0.6) is 11.5 Å². The summed E-state index contributed by atoms with van der Waals surface area (Å²) in [6.07, 6.45) is 6.03. The molecule has 7 aromatic rings. The average Bonchev–Trinajstić information content (AvgIpc) is 3.75. The Kier molecular flexibility index (Phi) is 9.35. The van der Waals surface area contributed by atoms with Crippen LogP contribution in [0.4, 0.5) is 11.4 Å². The molecule has 0 N–H and O–H groups in total. The van der Waals surface area contributed by atoms with Crippen molar-refractivity contribution in [3.8, 4) is 28.4 Å². The van der Waals surface area contributed by atoms with Gasteiger partial charge in [0.05, 0.1) is 0 Å². The number of ether oxygens (including phenoxy) is 1. The summed E-state index contributed by atoms with van der Waals surface area (Å²) in [5.74, 6) is 2.08. The minimum absolute atomic E-state index is 0. The Balaban J connectivity index is 0.00000420. The molecule has 0 bridgehead atoms. The Morgan fingerprint density at radius 2 is 1.35 bits per heavy atom. The standard InChI is InChI=1S/C46H41N4O.Pt/c1-45(2,3)33-19-22-41(40(27-33)32-13-8-7-9-14-32)49-26-25-48(31-49)35-15-12-16-36(29-35)51-37-20-21-39-38-17-10-11-18-42(38)50(43(39)30-37)44-28-34(23-24-47-44)46(4,5)6;/h7-28,31H,1-6H3;/q-3;. The third-order valence-electron chi connectivity index (χ3n) is 9.51. The molecule has 0 unspecified atom stereocenters. The van der Waals surface area contributed by atoms with E-state index in [-0.39, 0.29) is 31.9 Å². The van der Waals surface area contributed by atoms with E-state index in [1.54, 1.807) is 0 Å². The number of hydrogen-bond acceptors (Lipinski definition) is 4. The van der Waals surface area contributed by atoms with E-state index in [9.17, 15) is 0 Å². The molecule has 1 aliphatic rings. The van der Waals surface area contributed by atoms with Crippen LogP contribution in [0.2, 0.25) is 0 Å². The van der Waals surface area contributed by atoms with Crippen molar-refractivity contribution in [2.75, 3.05) is 9.80 Å². The molecule has 264 valence electrons. The zero-order valence-electron chi connectivity index (χ0n) is 30.3. The van der Waals surface area contributed by atoms with Gasteiger partial charge in [0.25, 0.3) is 0 Å². The number of benzene rings is 5. The van der Waals surface area contributed by atoms with Crippen molar-refractivity contribution >= 4 is 33.2 Å². The molecule has 3 heterocycles. The first-order valence-corrected chi connectivity index (χ1v) is 17.5. The maximum atomic E-state index is 6.46. The van der Waals surface area contributed by atoms with Crippen molar-refractivity contribution < 1.29 is 25.8 Å². The summed E-state index contributed by atoms with van der Waals surface area (Å²) in [6, 6.07) is 47.2. The Hall–Kier alpha value is -5.12. The van der Waals surface area contributed by atoms with Crippen molar-refractivity contribution in [1.82, 2.24) is 9.55 Å². The molecule has 1 aliphatic heterocycles. The number of anilines is 2. The van der Waals surface area contributed by atoms with Crippen molar-refractivity contribution in [1.29, 1.82) is 0 Å². The molecule has 5 nitrogen and oxygen atoms in total. The molecule has 0 aliphatic carbocycles. The van der Waals surface area contributed by atoms with Gasteiger partial charge in [0, 0.05) is 55.5 Å². The molecule has 0 spiro atoms. The fraction of sp³-hybridized carbons (Fsp3) is 0.174. The van der Waals surface area contributed by atoms with Crippen LogP contribution in [0.25, 0.3) is 38.8 Å². The molecule has 0 atom stereocenters. The van der Waals surface area contributed by atoms with Gasteiger partial charge in [-0.3, -0.25) is 0 Å². The van der Waals surface area contributed by atoms with Gasteiger partial charge in [0.1, 0.15) is 5.82 Å². The van der Waals surface area contributed by atoms with Crippen molar-refractivity contribution in [3.63, 3.8) is 0 Å². The van der Waals surface area contributed by atoms with E-state index in [0.717, 1.165) is 39.0 Å².